The number of halogens is 1. The van der Waals surface area contributed by atoms with Gasteiger partial charge in [-0.1, -0.05) is 22.0 Å². The SMILES string of the molecule is Cc1ccc2c(c1)N(c1ccc(Br)cc1C)C=C(C#N)S2(=O)=O. The number of aryl methyl sites for hydroxylation is 2. The summed E-state index contributed by atoms with van der Waals surface area (Å²) in [7, 11) is -3.76. The van der Waals surface area contributed by atoms with E-state index in [0.717, 1.165) is 21.3 Å². The zero-order chi connectivity index (χ0) is 16.8. The molecular weight excluding hydrogens is 376 g/mol. The molecule has 0 fully saturated rings. The Morgan fingerprint density at radius 2 is 1.83 bits per heavy atom. The van der Waals surface area contributed by atoms with Crippen LogP contribution in [0.3, 0.4) is 0 Å². The number of allylic oxidation sites excluding steroid dienone is 1. The van der Waals surface area contributed by atoms with Gasteiger partial charge in [-0.3, -0.25) is 0 Å². The molecule has 0 unspecified atom stereocenters. The molecule has 4 nitrogen and oxygen atoms in total. The van der Waals surface area contributed by atoms with Crippen LogP contribution in [0.2, 0.25) is 0 Å². The smallest absolute Gasteiger partial charge is 0.220 e. The summed E-state index contributed by atoms with van der Waals surface area (Å²) in [6.07, 6.45) is 1.40. The minimum atomic E-state index is -3.76. The predicted molar refractivity (Wildman–Crippen MR) is 93.1 cm³/mol. The molecule has 23 heavy (non-hydrogen) atoms. The van der Waals surface area contributed by atoms with Gasteiger partial charge in [0.1, 0.15) is 6.07 Å². The summed E-state index contributed by atoms with van der Waals surface area (Å²) >= 11 is 3.43. The van der Waals surface area contributed by atoms with Crippen LogP contribution in [-0.4, -0.2) is 8.42 Å². The Labute approximate surface area is 143 Å². The molecule has 2 aromatic rings. The van der Waals surface area contributed by atoms with Crippen LogP contribution in [0.15, 0.2) is 56.9 Å². The van der Waals surface area contributed by atoms with Crippen LogP contribution in [-0.2, 0) is 9.84 Å². The minimum Gasteiger partial charge on any atom is -0.314 e. The molecule has 0 aromatic heterocycles. The van der Waals surface area contributed by atoms with Crippen molar-refractivity contribution in [1.82, 2.24) is 0 Å². The van der Waals surface area contributed by atoms with Gasteiger partial charge >= 0.3 is 0 Å². The summed E-state index contributed by atoms with van der Waals surface area (Å²) in [4.78, 5) is 1.67. The van der Waals surface area contributed by atoms with Crippen molar-refractivity contribution >= 4 is 37.1 Å². The van der Waals surface area contributed by atoms with Crippen LogP contribution in [0.25, 0.3) is 0 Å². The highest BCUT2D eigenvalue weighted by atomic mass is 79.9. The summed E-state index contributed by atoms with van der Waals surface area (Å²) in [5, 5.41) is 9.25. The number of rotatable bonds is 1. The predicted octanol–water partition coefficient (Wildman–Crippen LogP) is 4.36. The molecule has 6 heteroatoms. The largest absolute Gasteiger partial charge is 0.314 e. The molecule has 0 N–H and O–H groups in total. The standard InChI is InChI=1S/C17H13BrN2O2S/c1-11-3-6-17-16(7-11)20(10-14(9-19)23(17,21)22)15-5-4-13(18)8-12(15)2/h3-8,10H,1-2H3. The number of hydrogen-bond donors (Lipinski definition) is 0. The molecule has 0 bridgehead atoms. The summed E-state index contributed by atoms with van der Waals surface area (Å²) in [6.45, 7) is 3.85. The Morgan fingerprint density at radius 3 is 2.48 bits per heavy atom. The molecule has 0 spiro atoms. The number of sulfone groups is 1. The van der Waals surface area contributed by atoms with Gasteiger partial charge in [0.2, 0.25) is 9.84 Å². The average Bonchev–Trinajstić information content (AvgIpc) is 2.48. The number of nitrogens with zero attached hydrogens (tertiary/aromatic N) is 2. The van der Waals surface area contributed by atoms with Crippen molar-refractivity contribution in [3.8, 4) is 6.07 Å². The lowest BCUT2D eigenvalue weighted by molar-refractivity contribution is 0.602. The van der Waals surface area contributed by atoms with Gasteiger partial charge in [0, 0.05) is 16.4 Å². The van der Waals surface area contributed by atoms with E-state index in [0.29, 0.717) is 5.69 Å². The second-order valence-electron chi connectivity index (χ2n) is 5.38. The lowest BCUT2D eigenvalue weighted by Crippen LogP contribution is -2.22. The molecule has 2 aromatic carbocycles. The molecule has 0 saturated heterocycles. The number of nitriles is 1. The highest BCUT2D eigenvalue weighted by Crippen LogP contribution is 2.41. The molecular formula is C17H13BrN2O2S. The molecule has 0 amide bonds. The lowest BCUT2D eigenvalue weighted by Gasteiger charge is -2.29. The summed E-state index contributed by atoms with van der Waals surface area (Å²) in [5.74, 6) is 0. The van der Waals surface area contributed by atoms with Crippen molar-refractivity contribution in [3.63, 3.8) is 0 Å². The molecule has 0 aliphatic carbocycles. The van der Waals surface area contributed by atoms with E-state index in [1.807, 2.05) is 38.1 Å². The van der Waals surface area contributed by atoms with E-state index in [-0.39, 0.29) is 9.80 Å². The van der Waals surface area contributed by atoms with Crippen LogP contribution < -0.4 is 4.90 Å². The van der Waals surface area contributed by atoms with Gasteiger partial charge in [-0.05, 0) is 55.3 Å². The Kier molecular flexibility index (Phi) is 3.78. The molecule has 3 rings (SSSR count). The van der Waals surface area contributed by atoms with Crippen molar-refractivity contribution in [3.05, 3.63) is 63.1 Å². The Bertz CT molecular complexity index is 988. The lowest BCUT2D eigenvalue weighted by atomic mass is 10.1. The topological polar surface area (TPSA) is 61.2 Å². The molecule has 0 atom stereocenters. The number of hydrogen-bond acceptors (Lipinski definition) is 4. The van der Waals surface area contributed by atoms with Gasteiger partial charge < -0.3 is 4.90 Å². The van der Waals surface area contributed by atoms with E-state index in [1.54, 1.807) is 23.1 Å². The van der Waals surface area contributed by atoms with Crippen LogP contribution in [0.4, 0.5) is 11.4 Å². The molecule has 1 aliphatic heterocycles. The minimum absolute atomic E-state index is 0.157. The molecule has 116 valence electrons. The second-order valence-corrected chi connectivity index (χ2v) is 8.18. The average molecular weight is 389 g/mol. The zero-order valence-corrected chi connectivity index (χ0v) is 14.9. The van der Waals surface area contributed by atoms with E-state index < -0.39 is 9.84 Å². The number of fused-ring (bicyclic) bond motifs is 1. The van der Waals surface area contributed by atoms with Gasteiger partial charge in [0.05, 0.1) is 10.6 Å². The fraction of sp³-hybridized carbons (Fsp3) is 0.118. The van der Waals surface area contributed by atoms with Gasteiger partial charge in [-0.25, -0.2) is 8.42 Å². The second kappa shape index (κ2) is 5.52. The van der Waals surface area contributed by atoms with Crippen molar-refractivity contribution in [2.45, 2.75) is 18.7 Å². The van der Waals surface area contributed by atoms with Crippen LogP contribution in [0.5, 0.6) is 0 Å². The third-order valence-electron chi connectivity index (χ3n) is 3.73. The fourth-order valence-corrected chi connectivity index (χ4v) is 4.35. The third-order valence-corrected chi connectivity index (χ3v) is 5.92. The van der Waals surface area contributed by atoms with E-state index in [1.165, 1.54) is 6.20 Å². The first kappa shape index (κ1) is 15.8. The van der Waals surface area contributed by atoms with Crippen molar-refractivity contribution < 1.29 is 8.42 Å². The monoisotopic (exact) mass is 388 g/mol. The van der Waals surface area contributed by atoms with Gasteiger partial charge in [-0.15, -0.1) is 0 Å². The first-order chi connectivity index (χ1) is 10.8. The normalized spacial score (nSPS) is 15.6. The van der Waals surface area contributed by atoms with E-state index in [2.05, 4.69) is 15.9 Å². The first-order valence-electron chi connectivity index (χ1n) is 6.87. The maximum Gasteiger partial charge on any atom is 0.220 e. The molecule has 0 saturated carbocycles. The van der Waals surface area contributed by atoms with Gasteiger partial charge in [-0.2, -0.15) is 5.26 Å². The first-order valence-corrected chi connectivity index (χ1v) is 9.15. The van der Waals surface area contributed by atoms with Gasteiger partial charge in [0.25, 0.3) is 0 Å². The number of benzene rings is 2. The molecule has 1 aliphatic rings. The summed E-state index contributed by atoms with van der Waals surface area (Å²) in [6, 6.07) is 12.7. The maximum absolute atomic E-state index is 12.5. The maximum atomic E-state index is 12.5. The quantitative estimate of drug-likeness (QED) is 0.727. The summed E-state index contributed by atoms with van der Waals surface area (Å²) < 4.78 is 26.0. The highest BCUT2D eigenvalue weighted by Gasteiger charge is 2.32. The Balaban J connectivity index is 2.33. The Morgan fingerprint density at radius 1 is 1.09 bits per heavy atom. The highest BCUT2D eigenvalue weighted by molar-refractivity contribution is 9.10. The Hall–Kier alpha value is -2.10. The van der Waals surface area contributed by atoms with E-state index in [4.69, 9.17) is 0 Å². The van der Waals surface area contributed by atoms with Crippen molar-refractivity contribution in [1.29, 1.82) is 5.26 Å². The van der Waals surface area contributed by atoms with Crippen LogP contribution in [0, 0.1) is 25.2 Å². The van der Waals surface area contributed by atoms with Crippen LogP contribution >= 0.6 is 15.9 Å². The fourth-order valence-electron chi connectivity index (χ4n) is 2.59. The van der Waals surface area contributed by atoms with E-state index >= 15 is 0 Å². The van der Waals surface area contributed by atoms with Crippen LogP contribution in [0.1, 0.15) is 11.1 Å². The number of anilines is 2. The zero-order valence-electron chi connectivity index (χ0n) is 12.5. The van der Waals surface area contributed by atoms with E-state index in [9.17, 15) is 13.7 Å². The van der Waals surface area contributed by atoms with Crippen molar-refractivity contribution in [2.24, 2.45) is 0 Å². The third kappa shape index (κ3) is 2.56. The summed E-state index contributed by atoms with van der Waals surface area (Å²) in [5.41, 5.74) is 3.32. The van der Waals surface area contributed by atoms with Gasteiger partial charge in [0.15, 0.2) is 4.91 Å². The molecule has 1 heterocycles. The van der Waals surface area contributed by atoms with Crippen molar-refractivity contribution in [2.75, 3.05) is 4.90 Å². The molecule has 0 radical (unpaired) electrons.